The van der Waals surface area contributed by atoms with Crippen molar-refractivity contribution in [2.45, 2.75) is 20.8 Å². The minimum atomic E-state index is 0.399. The summed E-state index contributed by atoms with van der Waals surface area (Å²) in [6, 6.07) is 0. The molecule has 0 aromatic carbocycles. The van der Waals surface area contributed by atoms with Crippen LogP contribution in [0.15, 0.2) is 12.2 Å². The van der Waals surface area contributed by atoms with Crippen LogP contribution >= 0.6 is 0 Å². The van der Waals surface area contributed by atoms with Crippen molar-refractivity contribution in [1.29, 1.82) is 0 Å². The average molecular weight is 132 g/mol. The van der Waals surface area contributed by atoms with Gasteiger partial charge in [-0.1, -0.05) is 38.2 Å². The Morgan fingerprint density at radius 1 is 1.30 bits per heavy atom. The van der Waals surface area contributed by atoms with E-state index in [1.165, 1.54) is 0 Å². The Bertz CT molecular complexity index is 222. The summed E-state index contributed by atoms with van der Waals surface area (Å²) in [6.45, 7) is 9.53. The number of hydrogen-bond donors (Lipinski definition) is 0. The van der Waals surface area contributed by atoms with E-state index in [1.54, 1.807) is 6.92 Å². The van der Waals surface area contributed by atoms with Crippen LogP contribution in [0.5, 0.6) is 0 Å². The Kier molecular flexibility index (Phi) is 4.17. The van der Waals surface area contributed by atoms with Crippen LogP contribution in [-0.2, 0) is 0 Å². The maximum Gasteiger partial charge on any atom is 0.0672 e. The number of allylic oxidation sites excluding steroid dienone is 1. The molecule has 0 rings (SSSR count). The van der Waals surface area contributed by atoms with Crippen LogP contribution in [0.4, 0.5) is 0 Å². The minimum absolute atomic E-state index is 0.399. The molecule has 0 aromatic heterocycles. The molecule has 0 atom stereocenters. The first-order valence-electron chi connectivity index (χ1n) is 3.30. The molecular weight excluding hydrogens is 120 g/mol. The molecule has 0 aliphatic carbocycles. The van der Waals surface area contributed by atoms with E-state index in [1.807, 2.05) is 13.8 Å². The molecule has 0 fully saturated rings. The largest absolute Gasteiger partial charge is 0.101 e. The molecule has 0 radical (unpaired) electrons. The van der Waals surface area contributed by atoms with Crippen molar-refractivity contribution in [3.8, 4) is 23.7 Å². The van der Waals surface area contributed by atoms with Crippen molar-refractivity contribution in [2.24, 2.45) is 5.92 Å². The summed E-state index contributed by atoms with van der Waals surface area (Å²) in [5.74, 6) is 11.8. The van der Waals surface area contributed by atoms with E-state index in [0.717, 1.165) is 0 Å². The van der Waals surface area contributed by atoms with Gasteiger partial charge < -0.3 is 0 Å². The molecule has 0 spiro atoms. The second-order valence-corrected chi connectivity index (χ2v) is 2.28. The van der Waals surface area contributed by atoms with Gasteiger partial charge in [0.25, 0.3) is 0 Å². The summed E-state index contributed by atoms with van der Waals surface area (Å²) in [5.41, 5.74) is 0.705. The molecule has 0 saturated carbocycles. The lowest BCUT2D eigenvalue weighted by Gasteiger charge is -1.85. The fourth-order valence-corrected chi connectivity index (χ4v) is 0.414. The van der Waals surface area contributed by atoms with Crippen LogP contribution in [0.25, 0.3) is 0 Å². The van der Waals surface area contributed by atoms with E-state index in [2.05, 4.69) is 30.3 Å². The van der Waals surface area contributed by atoms with Gasteiger partial charge in [-0.15, -0.1) is 5.92 Å². The summed E-state index contributed by atoms with van der Waals surface area (Å²) in [6.07, 6.45) is 0. The fraction of sp³-hybridized carbons (Fsp3) is 0.400. The van der Waals surface area contributed by atoms with Gasteiger partial charge in [0.15, 0.2) is 0 Å². The third kappa shape index (κ3) is 5.01. The van der Waals surface area contributed by atoms with Crippen LogP contribution in [0.3, 0.4) is 0 Å². The molecule has 0 aliphatic heterocycles. The standard InChI is InChI=1S/C10H12/c1-5-6-10(4)8-7-9(2)3/h9H,4H2,1-3H3. The van der Waals surface area contributed by atoms with Crippen molar-refractivity contribution in [2.75, 3.05) is 0 Å². The van der Waals surface area contributed by atoms with Crippen molar-refractivity contribution in [1.82, 2.24) is 0 Å². The zero-order chi connectivity index (χ0) is 7.98. The first kappa shape index (κ1) is 8.86. The maximum absolute atomic E-state index is 3.67. The SMILES string of the molecule is C=C(C#CC)C#CC(C)C. The molecule has 0 heterocycles. The van der Waals surface area contributed by atoms with E-state index < -0.39 is 0 Å². The van der Waals surface area contributed by atoms with E-state index >= 15 is 0 Å². The lowest BCUT2D eigenvalue weighted by molar-refractivity contribution is 0.867. The molecule has 0 N–H and O–H groups in total. The molecule has 0 amide bonds. The Morgan fingerprint density at radius 3 is 2.30 bits per heavy atom. The van der Waals surface area contributed by atoms with Crippen molar-refractivity contribution < 1.29 is 0 Å². The summed E-state index contributed by atoms with van der Waals surface area (Å²) >= 11 is 0. The molecule has 0 bridgehead atoms. The number of hydrogen-bond acceptors (Lipinski definition) is 0. The van der Waals surface area contributed by atoms with Gasteiger partial charge in [-0.25, -0.2) is 0 Å². The Balaban J connectivity index is 4.02. The Morgan fingerprint density at radius 2 is 1.90 bits per heavy atom. The third-order valence-corrected chi connectivity index (χ3v) is 0.788. The molecule has 52 valence electrons. The highest BCUT2D eigenvalue weighted by atomic mass is 13.8. The predicted molar refractivity (Wildman–Crippen MR) is 45.2 cm³/mol. The monoisotopic (exact) mass is 132 g/mol. The third-order valence-electron chi connectivity index (χ3n) is 0.788. The van der Waals surface area contributed by atoms with Gasteiger partial charge in [-0.05, 0) is 6.92 Å². The van der Waals surface area contributed by atoms with Crippen LogP contribution in [0, 0.1) is 29.6 Å². The van der Waals surface area contributed by atoms with Crippen molar-refractivity contribution in [3.63, 3.8) is 0 Å². The Hall–Kier alpha value is -1.14. The minimum Gasteiger partial charge on any atom is -0.101 e. The lowest BCUT2D eigenvalue weighted by Crippen LogP contribution is -1.78. The quantitative estimate of drug-likeness (QED) is 0.443. The van der Waals surface area contributed by atoms with Gasteiger partial charge in [0.1, 0.15) is 0 Å². The van der Waals surface area contributed by atoms with Crippen LogP contribution in [0.1, 0.15) is 20.8 Å². The van der Waals surface area contributed by atoms with Crippen LogP contribution in [0.2, 0.25) is 0 Å². The Labute approximate surface area is 63.3 Å². The van der Waals surface area contributed by atoms with Gasteiger partial charge >= 0.3 is 0 Å². The van der Waals surface area contributed by atoms with Gasteiger partial charge in [0.05, 0.1) is 5.57 Å². The van der Waals surface area contributed by atoms with Gasteiger partial charge in [0, 0.05) is 5.92 Å². The molecule has 0 aromatic rings. The second-order valence-electron chi connectivity index (χ2n) is 2.28. The van der Waals surface area contributed by atoms with Gasteiger partial charge in [-0.3, -0.25) is 0 Å². The van der Waals surface area contributed by atoms with E-state index in [4.69, 9.17) is 0 Å². The molecule has 0 nitrogen and oxygen atoms in total. The first-order valence-corrected chi connectivity index (χ1v) is 3.30. The zero-order valence-corrected chi connectivity index (χ0v) is 6.78. The predicted octanol–water partition coefficient (Wildman–Crippen LogP) is 2.23. The summed E-state index contributed by atoms with van der Waals surface area (Å²) in [5, 5.41) is 0. The lowest BCUT2D eigenvalue weighted by atomic mass is 10.2. The van der Waals surface area contributed by atoms with Crippen LogP contribution < -0.4 is 0 Å². The van der Waals surface area contributed by atoms with Gasteiger partial charge in [0.2, 0.25) is 0 Å². The van der Waals surface area contributed by atoms with Crippen molar-refractivity contribution in [3.05, 3.63) is 12.2 Å². The maximum atomic E-state index is 3.67. The molecule has 0 aliphatic rings. The summed E-state index contributed by atoms with van der Waals surface area (Å²) in [7, 11) is 0. The molecular formula is C10H12. The van der Waals surface area contributed by atoms with E-state index in [9.17, 15) is 0 Å². The van der Waals surface area contributed by atoms with Gasteiger partial charge in [-0.2, -0.15) is 0 Å². The highest BCUT2D eigenvalue weighted by Gasteiger charge is 1.81. The zero-order valence-electron chi connectivity index (χ0n) is 6.78. The molecule has 0 heteroatoms. The molecule has 10 heavy (non-hydrogen) atoms. The van der Waals surface area contributed by atoms with E-state index in [-0.39, 0.29) is 0 Å². The van der Waals surface area contributed by atoms with Crippen LogP contribution in [-0.4, -0.2) is 0 Å². The van der Waals surface area contributed by atoms with E-state index in [0.29, 0.717) is 11.5 Å². The molecule has 0 saturated heterocycles. The fourth-order valence-electron chi connectivity index (χ4n) is 0.414. The normalized spacial score (nSPS) is 7.20. The average Bonchev–Trinajstić information content (AvgIpc) is 1.85. The number of rotatable bonds is 0. The molecule has 0 unspecified atom stereocenters. The van der Waals surface area contributed by atoms with Crippen molar-refractivity contribution >= 4 is 0 Å². The summed E-state index contributed by atoms with van der Waals surface area (Å²) < 4.78 is 0. The first-order chi connectivity index (χ1) is 4.66. The highest BCUT2D eigenvalue weighted by Crippen LogP contribution is 1.89. The second kappa shape index (κ2) is 4.71. The summed E-state index contributed by atoms with van der Waals surface area (Å²) in [4.78, 5) is 0. The smallest absolute Gasteiger partial charge is 0.0672 e. The topological polar surface area (TPSA) is 0 Å². The highest BCUT2D eigenvalue weighted by molar-refractivity contribution is 5.41.